The van der Waals surface area contributed by atoms with Gasteiger partial charge in [-0.3, -0.25) is 5.32 Å². The van der Waals surface area contributed by atoms with Crippen LogP contribution >= 0.6 is 0 Å². The van der Waals surface area contributed by atoms with Crippen molar-refractivity contribution in [1.82, 2.24) is 4.98 Å². The van der Waals surface area contributed by atoms with E-state index in [2.05, 4.69) is 22.5 Å². The van der Waals surface area contributed by atoms with Crippen molar-refractivity contribution in [2.24, 2.45) is 5.92 Å². The van der Waals surface area contributed by atoms with Crippen molar-refractivity contribution in [1.29, 1.82) is 0 Å². The average molecular weight is 319 g/mol. The number of hydrogen-bond acceptors (Lipinski definition) is 4. The lowest BCUT2D eigenvalue weighted by molar-refractivity contribution is 0.0635. The molecule has 1 saturated carbocycles. The van der Waals surface area contributed by atoms with Gasteiger partial charge in [0.2, 0.25) is 0 Å². The van der Waals surface area contributed by atoms with E-state index in [0.29, 0.717) is 11.9 Å². The summed E-state index contributed by atoms with van der Waals surface area (Å²) < 4.78 is 5.21. The second-order valence-corrected chi connectivity index (χ2v) is 7.51. The minimum atomic E-state index is -0.512. The quantitative estimate of drug-likeness (QED) is 0.785. The summed E-state index contributed by atoms with van der Waals surface area (Å²) in [5.41, 5.74) is 0.488. The van der Waals surface area contributed by atoms with Crippen molar-refractivity contribution in [2.75, 3.05) is 10.6 Å². The van der Waals surface area contributed by atoms with Gasteiger partial charge in [0, 0.05) is 6.04 Å². The number of aromatic nitrogens is 1. The number of rotatable bonds is 3. The Morgan fingerprint density at radius 2 is 2.00 bits per heavy atom. The summed E-state index contributed by atoms with van der Waals surface area (Å²) >= 11 is 0. The molecule has 2 rings (SSSR count). The monoisotopic (exact) mass is 319 g/mol. The Kier molecular flexibility index (Phi) is 5.85. The van der Waals surface area contributed by atoms with Crippen molar-refractivity contribution in [2.45, 2.75) is 71.4 Å². The van der Waals surface area contributed by atoms with Gasteiger partial charge in [0.15, 0.2) is 0 Å². The summed E-state index contributed by atoms with van der Waals surface area (Å²) in [4.78, 5) is 16.0. The van der Waals surface area contributed by atoms with Crippen LogP contribution in [0.2, 0.25) is 0 Å². The average Bonchev–Trinajstić information content (AvgIpc) is 2.64. The number of anilines is 2. The smallest absolute Gasteiger partial charge is 0.413 e. The molecule has 1 amide bonds. The van der Waals surface area contributed by atoms with E-state index in [0.717, 1.165) is 11.6 Å². The number of nitrogens with one attached hydrogen (secondary N) is 2. The maximum Gasteiger partial charge on any atom is 0.413 e. The maximum atomic E-state index is 11.7. The molecule has 128 valence electrons. The van der Waals surface area contributed by atoms with Crippen molar-refractivity contribution >= 4 is 17.6 Å². The minimum Gasteiger partial charge on any atom is -0.444 e. The lowest BCUT2D eigenvalue weighted by atomic mass is 10.0. The molecule has 1 aromatic heterocycles. The molecule has 23 heavy (non-hydrogen) atoms. The van der Waals surface area contributed by atoms with E-state index in [1.54, 1.807) is 12.3 Å². The molecule has 0 aliphatic heterocycles. The van der Waals surface area contributed by atoms with Crippen molar-refractivity contribution in [3.05, 3.63) is 18.3 Å². The Balaban J connectivity index is 1.85. The van der Waals surface area contributed by atoms with Crippen LogP contribution in [0.1, 0.15) is 59.8 Å². The highest BCUT2D eigenvalue weighted by atomic mass is 16.6. The predicted octanol–water partition coefficient (Wildman–Crippen LogP) is 4.81. The zero-order valence-corrected chi connectivity index (χ0v) is 14.7. The molecule has 0 spiro atoms. The second kappa shape index (κ2) is 7.66. The summed E-state index contributed by atoms with van der Waals surface area (Å²) in [6.45, 7) is 7.84. The highest BCUT2D eigenvalue weighted by molar-refractivity contribution is 5.83. The number of hydrogen-bond donors (Lipinski definition) is 2. The van der Waals surface area contributed by atoms with Crippen LogP contribution < -0.4 is 10.6 Å². The molecule has 5 heteroatoms. The second-order valence-electron chi connectivity index (χ2n) is 7.51. The van der Waals surface area contributed by atoms with Crippen LogP contribution in [0.4, 0.5) is 16.3 Å². The van der Waals surface area contributed by atoms with Gasteiger partial charge in [-0.15, -0.1) is 0 Å². The van der Waals surface area contributed by atoms with Crippen LogP contribution in [-0.2, 0) is 4.74 Å². The van der Waals surface area contributed by atoms with E-state index in [1.807, 2.05) is 26.8 Å². The standard InChI is InChI=1S/C18H29N3O2/c1-13-6-5-7-14(9-8-13)20-15-10-11-16(19-12-15)21-17(22)23-18(2,3)4/h10-14,20H,5-9H2,1-4H3,(H,19,21,22). The first-order valence-corrected chi connectivity index (χ1v) is 8.54. The fourth-order valence-electron chi connectivity index (χ4n) is 2.83. The fraction of sp³-hybridized carbons (Fsp3) is 0.667. The molecule has 1 aliphatic carbocycles. The van der Waals surface area contributed by atoms with Gasteiger partial charge in [-0.1, -0.05) is 19.8 Å². The number of amides is 1. The van der Waals surface area contributed by atoms with Crippen molar-refractivity contribution < 1.29 is 9.53 Å². The first kappa shape index (κ1) is 17.6. The molecule has 2 N–H and O–H groups in total. The Hall–Kier alpha value is -1.78. The summed E-state index contributed by atoms with van der Waals surface area (Å²) in [5.74, 6) is 1.33. The molecule has 5 nitrogen and oxygen atoms in total. The van der Waals surface area contributed by atoms with Gasteiger partial charge in [0.1, 0.15) is 11.4 Å². The van der Waals surface area contributed by atoms with E-state index < -0.39 is 11.7 Å². The third-order valence-electron chi connectivity index (χ3n) is 4.02. The zero-order chi connectivity index (χ0) is 16.9. The predicted molar refractivity (Wildman–Crippen MR) is 93.8 cm³/mol. The van der Waals surface area contributed by atoms with Crippen LogP contribution in [0.15, 0.2) is 18.3 Å². The Labute approximate surface area is 139 Å². The summed E-state index contributed by atoms with van der Waals surface area (Å²) in [6, 6.07) is 4.27. The summed E-state index contributed by atoms with van der Waals surface area (Å²) in [6.07, 6.45) is 7.59. The molecule has 2 atom stereocenters. The number of nitrogens with zero attached hydrogens (tertiary/aromatic N) is 1. The largest absolute Gasteiger partial charge is 0.444 e. The molecule has 1 aromatic rings. The van der Waals surface area contributed by atoms with Crippen molar-refractivity contribution in [3.63, 3.8) is 0 Å². The molecule has 1 fully saturated rings. The molecular formula is C18H29N3O2. The van der Waals surface area contributed by atoms with Gasteiger partial charge >= 0.3 is 6.09 Å². The summed E-state index contributed by atoms with van der Waals surface area (Å²) in [7, 11) is 0. The van der Waals surface area contributed by atoms with E-state index in [9.17, 15) is 4.79 Å². The molecule has 0 bridgehead atoms. The van der Waals surface area contributed by atoms with E-state index in [-0.39, 0.29) is 0 Å². The molecule has 2 unspecified atom stereocenters. The van der Waals surface area contributed by atoms with Gasteiger partial charge in [0.05, 0.1) is 11.9 Å². The third-order valence-corrected chi connectivity index (χ3v) is 4.02. The number of pyridine rings is 1. The van der Waals surface area contributed by atoms with Crippen LogP contribution in [0, 0.1) is 5.92 Å². The molecule has 1 aliphatic rings. The summed E-state index contributed by atoms with van der Waals surface area (Å²) in [5, 5.41) is 6.20. The van der Waals surface area contributed by atoms with Gasteiger partial charge in [-0.25, -0.2) is 9.78 Å². The SMILES string of the molecule is CC1CCCC(Nc2ccc(NC(=O)OC(C)(C)C)nc2)CC1. The number of carbonyl (C=O) groups excluding carboxylic acids is 1. The Morgan fingerprint density at radius 3 is 2.65 bits per heavy atom. The van der Waals surface area contributed by atoms with E-state index in [4.69, 9.17) is 4.74 Å². The Bertz CT molecular complexity index is 508. The van der Waals surface area contributed by atoms with E-state index in [1.165, 1.54) is 32.1 Å². The normalized spacial score (nSPS) is 22.1. The molecule has 0 aromatic carbocycles. The van der Waals surface area contributed by atoms with Crippen molar-refractivity contribution in [3.8, 4) is 0 Å². The van der Waals surface area contributed by atoms with Gasteiger partial charge in [-0.2, -0.15) is 0 Å². The minimum absolute atomic E-state index is 0.483. The van der Waals surface area contributed by atoms with Gasteiger partial charge < -0.3 is 10.1 Å². The highest BCUT2D eigenvalue weighted by Gasteiger charge is 2.17. The Morgan fingerprint density at radius 1 is 1.22 bits per heavy atom. The number of ether oxygens (including phenoxy) is 1. The van der Waals surface area contributed by atoms with E-state index >= 15 is 0 Å². The third kappa shape index (κ3) is 6.47. The van der Waals surface area contributed by atoms with Gasteiger partial charge in [0.25, 0.3) is 0 Å². The lowest BCUT2D eigenvalue weighted by Gasteiger charge is -2.20. The fourth-order valence-corrected chi connectivity index (χ4v) is 2.83. The van der Waals surface area contributed by atoms with Crippen LogP contribution in [0.3, 0.4) is 0 Å². The van der Waals surface area contributed by atoms with Crippen LogP contribution in [0.5, 0.6) is 0 Å². The zero-order valence-electron chi connectivity index (χ0n) is 14.7. The molecule has 1 heterocycles. The van der Waals surface area contributed by atoms with Crippen LogP contribution in [-0.4, -0.2) is 22.7 Å². The first-order chi connectivity index (χ1) is 10.8. The number of carbonyl (C=O) groups is 1. The molecular weight excluding hydrogens is 290 g/mol. The molecule has 0 radical (unpaired) electrons. The molecule has 0 saturated heterocycles. The van der Waals surface area contributed by atoms with Gasteiger partial charge in [-0.05, 0) is 58.1 Å². The highest BCUT2D eigenvalue weighted by Crippen LogP contribution is 2.25. The lowest BCUT2D eigenvalue weighted by Crippen LogP contribution is -2.27. The van der Waals surface area contributed by atoms with Crippen LogP contribution in [0.25, 0.3) is 0 Å². The maximum absolute atomic E-state index is 11.7. The topological polar surface area (TPSA) is 63.2 Å². The first-order valence-electron chi connectivity index (χ1n) is 8.54.